The van der Waals surface area contributed by atoms with E-state index in [1.165, 1.54) is 0 Å². The molecular weight excluding hydrogens is 326 g/mol. The summed E-state index contributed by atoms with van der Waals surface area (Å²) in [4.78, 5) is 4.51. The van der Waals surface area contributed by atoms with E-state index in [0.29, 0.717) is 23.5 Å². The molecule has 24 heavy (non-hydrogen) atoms. The molecule has 1 heterocycles. The first kappa shape index (κ1) is 16.6. The molecule has 0 bridgehead atoms. The second kappa shape index (κ2) is 6.70. The van der Waals surface area contributed by atoms with Crippen LogP contribution >= 0.6 is 0 Å². The maximum Gasteiger partial charge on any atom is 0.241 e. The molecule has 1 N–H and O–H groups in total. The van der Waals surface area contributed by atoms with Crippen molar-refractivity contribution < 1.29 is 12.9 Å². The van der Waals surface area contributed by atoms with Gasteiger partial charge < -0.3 is 4.52 Å². The number of aromatic nitrogens is 2. The van der Waals surface area contributed by atoms with Crippen molar-refractivity contribution in [3.8, 4) is 0 Å². The maximum absolute atomic E-state index is 12.6. The lowest BCUT2D eigenvalue weighted by molar-refractivity contribution is 0.371. The minimum atomic E-state index is -3.61. The van der Waals surface area contributed by atoms with Crippen molar-refractivity contribution in [3.63, 3.8) is 0 Å². The van der Waals surface area contributed by atoms with Crippen LogP contribution in [0.5, 0.6) is 0 Å². The lowest BCUT2D eigenvalue weighted by Gasteiger charge is -2.08. The quantitative estimate of drug-likeness (QED) is 0.742. The summed E-state index contributed by atoms with van der Waals surface area (Å²) < 4.78 is 32.9. The summed E-state index contributed by atoms with van der Waals surface area (Å²) in [5.41, 5.74) is 0. The van der Waals surface area contributed by atoms with Crippen molar-refractivity contribution in [1.29, 1.82) is 0 Å². The summed E-state index contributed by atoms with van der Waals surface area (Å²) in [6.07, 6.45) is 0.351. The molecule has 0 aliphatic rings. The van der Waals surface area contributed by atoms with Crippen LogP contribution in [-0.2, 0) is 16.4 Å². The van der Waals surface area contributed by atoms with Gasteiger partial charge in [-0.2, -0.15) is 4.98 Å². The molecule has 1 aromatic heterocycles. The molecule has 0 unspecified atom stereocenters. The van der Waals surface area contributed by atoms with Gasteiger partial charge in [-0.25, -0.2) is 13.1 Å². The Labute approximate surface area is 140 Å². The van der Waals surface area contributed by atoms with Crippen LogP contribution in [0.3, 0.4) is 0 Å². The molecule has 0 aliphatic heterocycles. The van der Waals surface area contributed by atoms with Gasteiger partial charge in [-0.3, -0.25) is 0 Å². The summed E-state index contributed by atoms with van der Waals surface area (Å²) in [5.74, 6) is 1.23. The largest absolute Gasteiger partial charge is 0.339 e. The van der Waals surface area contributed by atoms with E-state index in [1.807, 2.05) is 38.1 Å². The predicted molar refractivity (Wildman–Crippen MR) is 91.2 cm³/mol. The van der Waals surface area contributed by atoms with E-state index in [0.717, 1.165) is 5.39 Å². The van der Waals surface area contributed by atoms with Gasteiger partial charge >= 0.3 is 0 Å². The Bertz CT molecular complexity index is 943. The molecule has 0 radical (unpaired) electrons. The van der Waals surface area contributed by atoms with E-state index in [1.54, 1.807) is 18.2 Å². The molecule has 0 atom stereocenters. The first-order chi connectivity index (χ1) is 11.5. The van der Waals surface area contributed by atoms with Crippen LogP contribution in [0.2, 0.25) is 0 Å². The second-order valence-corrected chi connectivity index (χ2v) is 7.56. The summed E-state index contributed by atoms with van der Waals surface area (Å²) in [6.45, 7) is 4.14. The van der Waals surface area contributed by atoms with Crippen LogP contribution in [-0.4, -0.2) is 25.1 Å². The number of hydrogen-bond acceptors (Lipinski definition) is 5. The van der Waals surface area contributed by atoms with Crippen LogP contribution in [0.15, 0.2) is 51.9 Å². The van der Waals surface area contributed by atoms with Gasteiger partial charge in [0.25, 0.3) is 0 Å². The SMILES string of the molecule is CC(C)c1noc(CCNS(=O)(=O)c2cccc3ccccc23)n1. The Kier molecular flexibility index (Phi) is 4.64. The van der Waals surface area contributed by atoms with Gasteiger partial charge in [0, 0.05) is 24.3 Å². The fourth-order valence-electron chi connectivity index (χ4n) is 2.40. The van der Waals surface area contributed by atoms with E-state index >= 15 is 0 Å². The molecule has 0 amide bonds. The second-order valence-electron chi connectivity index (χ2n) is 5.83. The van der Waals surface area contributed by atoms with Gasteiger partial charge in [-0.1, -0.05) is 55.4 Å². The Hall–Kier alpha value is -2.25. The Morgan fingerprint density at radius 1 is 1.12 bits per heavy atom. The average molecular weight is 345 g/mol. The van der Waals surface area contributed by atoms with Crippen molar-refractivity contribution in [2.45, 2.75) is 31.1 Å². The Balaban J connectivity index is 1.73. The molecular formula is C17H19N3O3S. The number of rotatable bonds is 6. The van der Waals surface area contributed by atoms with Gasteiger partial charge in [0.2, 0.25) is 15.9 Å². The Morgan fingerprint density at radius 3 is 2.62 bits per heavy atom. The lowest BCUT2D eigenvalue weighted by Crippen LogP contribution is -2.26. The highest BCUT2D eigenvalue weighted by Gasteiger charge is 2.17. The van der Waals surface area contributed by atoms with Crippen molar-refractivity contribution >= 4 is 20.8 Å². The molecule has 3 aromatic rings. The monoisotopic (exact) mass is 345 g/mol. The minimum Gasteiger partial charge on any atom is -0.339 e. The predicted octanol–water partition coefficient (Wildman–Crippen LogP) is 2.87. The van der Waals surface area contributed by atoms with Gasteiger partial charge in [0.1, 0.15) is 0 Å². The highest BCUT2D eigenvalue weighted by atomic mass is 32.2. The molecule has 0 spiro atoms. The smallest absolute Gasteiger partial charge is 0.241 e. The van der Waals surface area contributed by atoms with Crippen molar-refractivity contribution in [2.24, 2.45) is 0 Å². The fourth-order valence-corrected chi connectivity index (χ4v) is 3.66. The van der Waals surface area contributed by atoms with Crippen molar-refractivity contribution in [1.82, 2.24) is 14.9 Å². The van der Waals surface area contributed by atoms with Gasteiger partial charge in [-0.05, 0) is 11.5 Å². The first-order valence-corrected chi connectivity index (χ1v) is 9.25. The third-order valence-electron chi connectivity index (χ3n) is 3.67. The highest BCUT2D eigenvalue weighted by Crippen LogP contribution is 2.22. The summed E-state index contributed by atoms with van der Waals surface area (Å²) in [6, 6.07) is 12.6. The van der Waals surface area contributed by atoms with Crippen molar-refractivity contribution in [2.75, 3.05) is 6.54 Å². The van der Waals surface area contributed by atoms with E-state index in [9.17, 15) is 8.42 Å². The average Bonchev–Trinajstić information content (AvgIpc) is 3.03. The number of benzene rings is 2. The fraction of sp³-hybridized carbons (Fsp3) is 0.294. The normalized spacial score (nSPS) is 12.1. The zero-order chi connectivity index (χ0) is 17.2. The third-order valence-corrected chi connectivity index (χ3v) is 5.19. The number of nitrogens with one attached hydrogen (secondary N) is 1. The molecule has 0 saturated heterocycles. The topological polar surface area (TPSA) is 85.1 Å². The lowest BCUT2D eigenvalue weighted by atomic mass is 10.1. The summed E-state index contributed by atoms with van der Waals surface area (Å²) in [5, 5.41) is 5.46. The van der Waals surface area contributed by atoms with Crippen LogP contribution < -0.4 is 4.72 Å². The van der Waals surface area contributed by atoms with Gasteiger partial charge in [-0.15, -0.1) is 0 Å². The molecule has 6 nitrogen and oxygen atoms in total. The highest BCUT2D eigenvalue weighted by molar-refractivity contribution is 7.89. The van der Waals surface area contributed by atoms with Crippen molar-refractivity contribution in [3.05, 3.63) is 54.2 Å². The number of fused-ring (bicyclic) bond motifs is 1. The van der Waals surface area contributed by atoms with E-state index in [2.05, 4.69) is 14.9 Å². The van der Waals surface area contributed by atoms with E-state index in [4.69, 9.17) is 4.52 Å². The van der Waals surface area contributed by atoms with Crippen LogP contribution in [0.1, 0.15) is 31.5 Å². The molecule has 126 valence electrons. The molecule has 0 fully saturated rings. The number of nitrogens with zero attached hydrogens (tertiary/aromatic N) is 2. The van der Waals surface area contributed by atoms with E-state index in [-0.39, 0.29) is 17.4 Å². The van der Waals surface area contributed by atoms with Gasteiger partial charge in [0.05, 0.1) is 4.90 Å². The molecule has 0 saturated carbocycles. The number of sulfonamides is 1. The van der Waals surface area contributed by atoms with E-state index < -0.39 is 10.0 Å². The molecule has 7 heteroatoms. The summed E-state index contributed by atoms with van der Waals surface area (Å²) >= 11 is 0. The molecule has 3 rings (SSSR count). The number of hydrogen-bond donors (Lipinski definition) is 1. The molecule has 2 aromatic carbocycles. The zero-order valence-electron chi connectivity index (χ0n) is 13.6. The van der Waals surface area contributed by atoms with Crippen LogP contribution in [0.25, 0.3) is 10.8 Å². The minimum absolute atomic E-state index is 0.176. The first-order valence-electron chi connectivity index (χ1n) is 7.77. The zero-order valence-corrected chi connectivity index (χ0v) is 14.4. The maximum atomic E-state index is 12.6. The van der Waals surface area contributed by atoms with Crippen LogP contribution in [0, 0.1) is 0 Å². The summed E-state index contributed by atoms with van der Waals surface area (Å²) in [7, 11) is -3.61. The van der Waals surface area contributed by atoms with Crippen LogP contribution in [0.4, 0.5) is 0 Å². The standard InChI is InChI=1S/C17H19N3O3S/c1-12(2)17-19-16(23-20-17)10-11-18-24(21,22)15-9-5-7-13-6-3-4-8-14(13)15/h3-9,12,18H,10-11H2,1-2H3. The van der Waals surface area contributed by atoms with Gasteiger partial charge in [0.15, 0.2) is 5.82 Å². The third kappa shape index (κ3) is 3.47. The Morgan fingerprint density at radius 2 is 1.88 bits per heavy atom. The molecule has 0 aliphatic carbocycles.